The summed E-state index contributed by atoms with van der Waals surface area (Å²) in [6.07, 6.45) is 0.790. The van der Waals surface area contributed by atoms with Crippen LogP contribution in [0.3, 0.4) is 0 Å². The average Bonchev–Trinajstić information content (AvgIpc) is 2.30. The van der Waals surface area contributed by atoms with Crippen LogP contribution in [-0.2, 0) is 11.3 Å². The van der Waals surface area contributed by atoms with Gasteiger partial charge in [-0.3, -0.25) is 0 Å². The lowest BCUT2D eigenvalue weighted by Crippen LogP contribution is -2.30. The molecule has 0 aromatic heterocycles. The molecule has 0 aliphatic heterocycles. The Kier molecular flexibility index (Phi) is 6.81. The van der Waals surface area contributed by atoms with Gasteiger partial charge in [-0.2, -0.15) is 0 Å². The first-order valence-corrected chi connectivity index (χ1v) is 5.79. The molecule has 1 aromatic rings. The smallest absolute Gasteiger partial charge is 0.0717 e. The lowest BCUT2D eigenvalue weighted by Gasteiger charge is -2.12. The lowest BCUT2D eigenvalue weighted by atomic mass is 10.2. The molecule has 1 unspecified atom stereocenters. The molecule has 0 aliphatic rings. The highest BCUT2D eigenvalue weighted by Crippen LogP contribution is 1.99. The number of hydrogen-bond acceptors (Lipinski definition) is 3. The van der Waals surface area contributed by atoms with Gasteiger partial charge in [-0.15, -0.1) is 0 Å². The van der Waals surface area contributed by atoms with Crippen molar-refractivity contribution < 1.29 is 9.84 Å². The van der Waals surface area contributed by atoms with Crippen molar-refractivity contribution in [1.82, 2.24) is 5.32 Å². The van der Waals surface area contributed by atoms with Crippen molar-refractivity contribution in [3.63, 3.8) is 0 Å². The van der Waals surface area contributed by atoms with Crippen LogP contribution >= 0.6 is 0 Å². The third-order valence-corrected chi connectivity index (χ3v) is 2.41. The van der Waals surface area contributed by atoms with Gasteiger partial charge >= 0.3 is 0 Å². The molecule has 0 fully saturated rings. The summed E-state index contributed by atoms with van der Waals surface area (Å²) in [5.74, 6) is 0. The molecule has 0 bridgehead atoms. The Balaban J connectivity index is 2.00. The van der Waals surface area contributed by atoms with Crippen molar-refractivity contribution in [2.75, 3.05) is 19.8 Å². The van der Waals surface area contributed by atoms with E-state index in [2.05, 4.69) is 24.4 Å². The third kappa shape index (κ3) is 5.85. The Morgan fingerprint density at radius 1 is 1.31 bits per heavy atom. The number of aliphatic hydroxyl groups excluding tert-OH is 1. The van der Waals surface area contributed by atoms with Gasteiger partial charge in [0.1, 0.15) is 0 Å². The zero-order chi connectivity index (χ0) is 11.6. The van der Waals surface area contributed by atoms with Gasteiger partial charge in [0.15, 0.2) is 0 Å². The van der Waals surface area contributed by atoms with Crippen LogP contribution in [0.5, 0.6) is 0 Å². The summed E-state index contributed by atoms with van der Waals surface area (Å²) in [5.41, 5.74) is 1.20. The average molecular weight is 223 g/mol. The Morgan fingerprint density at radius 3 is 2.75 bits per heavy atom. The second-order valence-corrected chi connectivity index (χ2v) is 3.91. The zero-order valence-corrected chi connectivity index (χ0v) is 9.86. The number of ether oxygens (including phenoxy) is 1. The molecule has 1 rings (SSSR count). The van der Waals surface area contributed by atoms with Gasteiger partial charge in [0.2, 0.25) is 0 Å². The van der Waals surface area contributed by atoms with Gasteiger partial charge in [0, 0.05) is 19.2 Å². The number of benzene rings is 1. The van der Waals surface area contributed by atoms with E-state index in [9.17, 15) is 0 Å². The van der Waals surface area contributed by atoms with Gasteiger partial charge in [-0.25, -0.2) is 0 Å². The Hall–Kier alpha value is -0.900. The molecule has 0 spiro atoms. The Labute approximate surface area is 97.4 Å². The summed E-state index contributed by atoms with van der Waals surface area (Å²) < 4.78 is 5.52. The summed E-state index contributed by atoms with van der Waals surface area (Å²) in [5, 5.41) is 12.0. The van der Waals surface area contributed by atoms with Gasteiger partial charge in [0.05, 0.1) is 13.2 Å². The predicted octanol–water partition coefficient (Wildman–Crippen LogP) is 1.56. The van der Waals surface area contributed by atoms with Crippen molar-refractivity contribution in [3.05, 3.63) is 35.9 Å². The highest BCUT2D eigenvalue weighted by Gasteiger charge is 1.98. The Bertz CT molecular complexity index is 264. The molecule has 0 saturated carbocycles. The van der Waals surface area contributed by atoms with Gasteiger partial charge in [-0.1, -0.05) is 30.3 Å². The van der Waals surface area contributed by atoms with Crippen LogP contribution in [-0.4, -0.2) is 30.9 Å². The highest BCUT2D eigenvalue weighted by molar-refractivity contribution is 5.13. The van der Waals surface area contributed by atoms with Crippen molar-refractivity contribution in [2.45, 2.75) is 26.0 Å². The van der Waals surface area contributed by atoms with E-state index in [1.807, 2.05) is 18.2 Å². The first kappa shape index (κ1) is 13.2. The van der Waals surface area contributed by atoms with Crippen molar-refractivity contribution >= 4 is 0 Å². The highest BCUT2D eigenvalue weighted by atomic mass is 16.5. The monoisotopic (exact) mass is 223 g/mol. The molecule has 0 heterocycles. The molecule has 2 N–H and O–H groups in total. The number of nitrogens with one attached hydrogen (secondary N) is 1. The van der Waals surface area contributed by atoms with Crippen molar-refractivity contribution in [1.29, 1.82) is 0 Å². The van der Waals surface area contributed by atoms with E-state index in [-0.39, 0.29) is 6.61 Å². The number of hydrogen-bond donors (Lipinski definition) is 2. The van der Waals surface area contributed by atoms with E-state index in [4.69, 9.17) is 9.84 Å². The van der Waals surface area contributed by atoms with Crippen LogP contribution in [0.2, 0.25) is 0 Å². The largest absolute Gasteiger partial charge is 0.396 e. The van der Waals surface area contributed by atoms with Crippen LogP contribution in [0.1, 0.15) is 18.9 Å². The van der Waals surface area contributed by atoms with Gasteiger partial charge < -0.3 is 15.2 Å². The predicted molar refractivity (Wildman–Crippen MR) is 65.3 cm³/mol. The molecule has 16 heavy (non-hydrogen) atoms. The second kappa shape index (κ2) is 8.28. The molecule has 0 radical (unpaired) electrons. The van der Waals surface area contributed by atoms with E-state index in [0.717, 1.165) is 13.0 Å². The first-order chi connectivity index (χ1) is 7.83. The quantitative estimate of drug-likeness (QED) is 0.657. The standard InChI is InChI=1S/C13H21NO2/c1-12(7-9-15)14-8-10-16-11-13-5-3-2-4-6-13/h2-6,12,14-15H,7-11H2,1H3. The first-order valence-electron chi connectivity index (χ1n) is 5.79. The lowest BCUT2D eigenvalue weighted by molar-refractivity contribution is 0.120. The van der Waals surface area contributed by atoms with E-state index in [1.165, 1.54) is 5.56 Å². The zero-order valence-electron chi connectivity index (χ0n) is 9.86. The summed E-state index contributed by atoms with van der Waals surface area (Å²) in [6, 6.07) is 10.5. The Morgan fingerprint density at radius 2 is 2.06 bits per heavy atom. The molecule has 0 amide bonds. The third-order valence-electron chi connectivity index (χ3n) is 2.41. The fourth-order valence-electron chi connectivity index (χ4n) is 1.44. The minimum Gasteiger partial charge on any atom is -0.396 e. The SMILES string of the molecule is CC(CCO)NCCOCc1ccccc1. The van der Waals surface area contributed by atoms with Crippen molar-refractivity contribution in [3.8, 4) is 0 Å². The summed E-state index contributed by atoms with van der Waals surface area (Å²) in [4.78, 5) is 0. The minimum atomic E-state index is 0.235. The normalized spacial score (nSPS) is 12.6. The van der Waals surface area contributed by atoms with Crippen LogP contribution in [0.4, 0.5) is 0 Å². The molecule has 3 heteroatoms. The molecule has 1 atom stereocenters. The maximum Gasteiger partial charge on any atom is 0.0717 e. The van der Waals surface area contributed by atoms with Crippen molar-refractivity contribution in [2.24, 2.45) is 0 Å². The number of rotatable bonds is 8. The van der Waals surface area contributed by atoms with Gasteiger partial charge in [0.25, 0.3) is 0 Å². The van der Waals surface area contributed by atoms with Crippen LogP contribution in [0.15, 0.2) is 30.3 Å². The minimum absolute atomic E-state index is 0.235. The summed E-state index contributed by atoms with van der Waals surface area (Å²) in [7, 11) is 0. The van der Waals surface area contributed by atoms with E-state index in [1.54, 1.807) is 0 Å². The maximum atomic E-state index is 8.72. The molecule has 90 valence electrons. The van der Waals surface area contributed by atoms with Crippen LogP contribution < -0.4 is 5.32 Å². The molecule has 0 aliphatic carbocycles. The summed E-state index contributed by atoms with van der Waals surface area (Å²) in [6.45, 7) is 4.49. The molecule has 3 nitrogen and oxygen atoms in total. The number of aliphatic hydroxyl groups is 1. The fourth-order valence-corrected chi connectivity index (χ4v) is 1.44. The van der Waals surface area contributed by atoms with Gasteiger partial charge in [-0.05, 0) is 18.9 Å². The molecule has 1 aromatic carbocycles. The topological polar surface area (TPSA) is 41.5 Å². The summed E-state index contributed by atoms with van der Waals surface area (Å²) >= 11 is 0. The molecular weight excluding hydrogens is 202 g/mol. The molecular formula is C13H21NO2. The van der Waals surface area contributed by atoms with E-state index < -0.39 is 0 Å². The van der Waals surface area contributed by atoms with E-state index in [0.29, 0.717) is 19.3 Å². The van der Waals surface area contributed by atoms with Crippen LogP contribution in [0, 0.1) is 0 Å². The van der Waals surface area contributed by atoms with Crippen LogP contribution in [0.25, 0.3) is 0 Å². The maximum absolute atomic E-state index is 8.72. The second-order valence-electron chi connectivity index (χ2n) is 3.91. The molecule has 0 saturated heterocycles. The van der Waals surface area contributed by atoms with E-state index >= 15 is 0 Å². The fraction of sp³-hybridized carbons (Fsp3) is 0.538.